The maximum Gasteiger partial charge on any atom is 0.268 e. The van der Waals surface area contributed by atoms with E-state index in [2.05, 4.69) is 16.1 Å². The average Bonchev–Trinajstić information content (AvgIpc) is 2.49. The predicted octanol–water partition coefficient (Wildman–Crippen LogP) is 1.16. The molecule has 1 aliphatic rings. The first kappa shape index (κ1) is 14.5. The van der Waals surface area contributed by atoms with Crippen molar-refractivity contribution in [3.63, 3.8) is 0 Å². The first-order chi connectivity index (χ1) is 9.74. The molecule has 20 heavy (non-hydrogen) atoms. The van der Waals surface area contributed by atoms with Gasteiger partial charge in [-0.1, -0.05) is 0 Å². The van der Waals surface area contributed by atoms with Gasteiger partial charge in [0.15, 0.2) is 0 Å². The number of piperidine rings is 1. The Hall–Kier alpha value is -1.87. The average molecular weight is 276 g/mol. The number of aromatic nitrogens is 2. The molecule has 1 saturated heterocycles. The third kappa shape index (κ3) is 3.58. The van der Waals surface area contributed by atoms with Gasteiger partial charge in [0.25, 0.3) is 5.56 Å². The maximum absolute atomic E-state index is 12.0. The van der Waals surface area contributed by atoms with Crippen molar-refractivity contribution in [2.75, 3.05) is 25.1 Å². The summed E-state index contributed by atoms with van der Waals surface area (Å²) in [5.74, 6) is 0. The summed E-state index contributed by atoms with van der Waals surface area (Å²) in [5.41, 5.74) is 0.774. The van der Waals surface area contributed by atoms with E-state index in [4.69, 9.17) is 10.00 Å². The largest absolute Gasteiger partial charge is 0.381 e. The van der Waals surface area contributed by atoms with Crippen LogP contribution in [0.15, 0.2) is 17.1 Å². The highest BCUT2D eigenvalue weighted by Gasteiger charge is 2.19. The molecule has 0 saturated carbocycles. The highest BCUT2D eigenvalue weighted by atomic mass is 16.5. The number of hydrogen-bond donors (Lipinski definition) is 0. The molecule has 1 fully saturated rings. The van der Waals surface area contributed by atoms with Crippen molar-refractivity contribution in [2.24, 2.45) is 0 Å². The number of nitriles is 1. The van der Waals surface area contributed by atoms with Crippen molar-refractivity contribution in [3.05, 3.63) is 22.6 Å². The Morgan fingerprint density at radius 2 is 2.25 bits per heavy atom. The van der Waals surface area contributed by atoms with Crippen LogP contribution in [0, 0.1) is 11.3 Å². The van der Waals surface area contributed by atoms with Crippen molar-refractivity contribution in [1.82, 2.24) is 9.78 Å². The Morgan fingerprint density at radius 3 is 2.85 bits per heavy atom. The zero-order chi connectivity index (χ0) is 14.4. The summed E-state index contributed by atoms with van der Waals surface area (Å²) in [5, 5.41) is 12.7. The second-order valence-electron chi connectivity index (χ2n) is 4.96. The molecule has 1 aliphatic heterocycles. The van der Waals surface area contributed by atoms with E-state index in [-0.39, 0.29) is 5.56 Å². The molecule has 1 aromatic heterocycles. The van der Waals surface area contributed by atoms with E-state index >= 15 is 0 Å². The number of nitrogens with zero attached hydrogens (tertiary/aromatic N) is 4. The monoisotopic (exact) mass is 276 g/mol. The Morgan fingerprint density at radius 1 is 1.50 bits per heavy atom. The molecule has 0 spiro atoms. The Balaban J connectivity index is 1.99. The first-order valence-corrected chi connectivity index (χ1v) is 6.96. The highest BCUT2D eigenvalue weighted by Crippen LogP contribution is 2.18. The first-order valence-electron chi connectivity index (χ1n) is 6.96. The van der Waals surface area contributed by atoms with E-state index in [1.54, 1.807) is 19.4 Å². The minimum absolute atomic E-state index is 0.102. The number of methoxy groups -OCH3 is 1. The van der Waals surface area contributed by atoms with Gasteiger partial charge in [-0.3, -0.25) is 4.79 Å². The van der Waals surface area contributed by atoms with Crippen LogP contribution >= 0.6 is 0 Å². The normalized spacial score (nSPS) is 16.1. The van der Waals surface area contributed by atoms with Crippen molar-refractivity contribution in [1.29, 1.82) is 5.26 Å². The van der Waals surface area contributed by atoms with Gasteiger partial charge in [0.1, 0.15) is 0 Å². The number of hydrogen-bond acceptors (Lipinski definition) is 5. The lowest BCUT2D eigenvalue weighted by atomic mass is 10.1. The van der Waals surface area contributed by atoms with Crippen LogP contribution in [-0.4, -0.2) is 36.1 Å². The standard InChI is InChI=1S/C14H20N4O2/c1-20-13-4-8-17(9-5-13)12-10-14(19)18(16-11-12)7-3-2-6-15/h10-11,13H,2-5,7-9H2,1H3. The lowest BCUT2D eigenvalue weighted by Crippen LogP contribution is -2.37. The van der Waals surface area contributed by atoms with E-state index in [1.165, 1.54) is 4.68 Å². The van der Waals surface area contributed by atoms with Gasteiger partial charge in [-0.2, -0.15) is 10.4 Å². The molecule has 0 aromatic carbocycles. The fraction of sp³-hybridized carbons (Fsp3) is 0.643. The summed E-state index contributed by atoms with van der Waals surface area (Å²) >= 11 is 0. The molecule has 0 radical (unpaired) electrons. The summed E-state index contributed by atoms with van der Waals surface area (Å²) in [7, 11) is 1.74. The molecule has 2 heterocycles. The topological polar surface area (TPSA) is 71.2 Å². The lowest BCUT2D eigenvalue weighted by Gasteiger charge is -2.32. The second-order valence-corrected chi connectivity index (χ2v) is 4.96. The van der Waals surface area contributed by atoms with Crippen LogP contribution in [0.2, 0.25) is 0 Å². The van der Waals surface area contributed by atoms with Crippen LogP contribution in [0.1, 0.15) is 25.7 Å². The van der Waals surface area contributed by atoms with Crippen LogP contribution in [-0.2, 0) is 11.3 Å². The summed E-state index contributed by atoms with van der Waals surface area (Å²) in [6.45, 7) is 2.27. The maximum atomic E-state index is 12.0. The minimum atomic E-state index is -0.102. The molecule has 0 atom stereocenters. The summed E-state index contributed by atoms with van der Waals surface area (Å²) < 4.78 is 6.76. The minimum Gasteiger partial charge on any atom is -0.381 e. The van der Waals surface area contributed by atoms with Crippen LogP contribution < -0.4 is 10.5 Å². The van der Waals surface area contributed by atoms with E-state index < -0.39 is 0 Å². The van der Waals surface area contributed by atoms with Gasteiger partial charge in [0.2, 0.25) is 0 Å². The molecular formula is C14H20N4O2. The van der Waals surface area contributed by atoms with Gasteiger partial charge < -0.3 is 9.64 Å². The summed E-state index contributed by atoms with van der Waals surface area (Å²) in [6, 6.07) is 3.70. The third-order valence-corrected chi connectivity index (χ3v) is 3.65. The number of anilines is 1. The highest BCUT2D eigenvalue weighted by molar-refractivity contribution is 5.43. The SMILES string of the molecule is COC1CCN(c2cnn(CCCC#N)c(=O)c2)CC1. The van der Waals surface area contributed by atoms with Gasteiger partial charge in [-0.25, -0.2) is 4.68 Å². The molecule has 6 nitrogen and oxygen atoms in total. The van der Waals surface area contributed by atoms with Crippen molar-refractivity contribution >= 4 is 5.69 Å². The van der Waals surface area contributed by atoms with Gasteiger partial charge >= 0.3 is 0 Å². The quantitative estimate of drug-likeness (QED) is 0.755. The Labute approximate surface area is 118 Å². The van der Waals surface area contributed by atoms with Gasteiger partial charge in [0, 0.05) is 39.2 Å². The molecule has 108 valence electrons. The molecule has 6 heteroatoms. The van der Waals surface area contributed by atoms with Gasteiger partial charge in [-0.05, 0) is 19.3 Å². The molecule has 2 rings (SSSR count). The van der Waals surface area contributed by atoms with Gasteiger partial charge in [-0.15, -0.1) is 0 Å². The van der Waals surface area contributed by atoms with Crippen LogP contribution in [0.4, 0.5) is 5.69 Å². The summed E-state index contributed by atoms with van der Waals surface area (Å²) in [6.07, 6.45) is 5.11. The molecule has 0 aliphatic carbocycles. The zero-order valence-electron chi connectivity index (χ0n) is 11.8. The smallest absolute Gasteiger partial charge is 0.268 e. The summed E-state index contributed by atoms with van der Waals surface area (Å²) in [4.78, 5) is 14.1. The van der Waals surface area contributed by atoms with E-state index in [9.17, 15) is 4.79 Å². The van der Waals surface area contributed by atoms with Gasteiger partial charge in [0.05, 0.1) is 24.1 Å². The van der Waals surface area contributed by atoms with E-state index in [0.717, 1.165) is 31.6 Å². The Kier molecular flexibility index (Phi) is 5.13. The lowest BCUT2D eigenvalue weighted by molar-refractivity contribution is 0.0819. The van der Waals surface area contributed by atoms with Crippen molar-refractivity contribution in [3.8, 4) is 6.07 Å². The number of ether oxygens (including phenoxy) is 1. The van der Waals surface area contributed by atoms with E-state index in [0.29, 0.717) is 25.5 Å². The predicted molar refractivity (Wildman–Crippen MR) is 75.6 cm³/mol. The van der Waals surface area contributed by atoms with Crippen LogP contribution in [0.25, 0.3) is 0 Å². The Bertz CT molecular complexity index is 527. The fourth-order valence-corrected chi connectivity index (χ4v) is 2.42. The molecule has 0 unspecified atom stereocenters. The zero-order valence-corrected chi connectivity index (χ0v) is 11.8. The van der Waals surface area contributed by atoms with Crippen molar-refractivity contribution < 1.29 is 4.74 Å². The number of rotatable bonds is 5. The van der Waals surface area contributed by atoms with Crippen molar-refractivity contribution in [2.45, 2.75) is 38.3 Å². The third-order valence-electron chi connectivity index (χ3n) is 3.65. The molecule has 0 amide bonds. The van der Waals surface area contributed by atoms with E-state index in [1.807, 2.05) is 0 Å². The van der Waals surface area contributed by atoms with Crippen LogP contribution in [0.3, 0.4) is 0 Å². The number of unbranched alkanes of at least 4 members (excludes halogenated alkanes) is 1. The fourth-order valence-electron chi connectivity index (χ4n) is 2.42. The van der Waals surface area contributed by atoms with Crippen LogP contribution in [0.5, 0.6) is 0 Å². The molecular weight excluding hydrogens is 256 g/mol. The second kappa shape index (κ2) is 7.06. The molecule has 0 bridgehead atoms. The number of aryl methyl sites for hydroxylation is 1. The molecule has 1 aromatic rings. The molecule has 0 N–H and O–H groups in total.